The Labute approximate surface area is 120 Å². The molecule has 1 aromatic heterocycles. The first-order valence-corrected chi connectivity index (χ1v) is 6.24. The van der Waals surface area contributed by atoms with Crippen LogP contribution in [-0.2, 0) is 0 Å². The summed E-state index contributed by atoms with van der Waals surface area (Å²) < 4.78 is 10.4. The summed E-state index contributed by atoms with van der Waals surface area (Å²) in [4.78, 5) is 26.0. The summed E-state index contributed by atoms with van der Waals surface area (Å²) in [6.07, 6.45) is 0. The second-order valence-electron chi connectivity index (χ2n) is 4.58. The highest BCUT2D eigenvalue weighted by molar-refractivity contribution is 6.35. The molecule has 2 heterocycles. The van der Waals surface area contributed by atoms with E-state index in [4.69, 9.17) is 9.47 Å². The van der Waals surface area contributed by atoms with Gasteiger partial charge in [0.1, 0.15) is 0 Å². The number of H-pyrrole nitrogens is 1. The van der Waals surface area contributed by atoms with E-state index in [0.29, 0.717) is 5.75 Å². The number of hydrogen-bond donors (Lipinski definition) is 1. The van der Waals surface area contributed by atoms with Crippen molar-refractivity contribution in [1.82, 2.24) is 10.2 Å². The number of benzene rings is 1. The van der Waals surface area contributed by atoms with E-state index < -0.39 is 11.8 Å². The Morgan fingerprint density at radius 1 is 1.14 bits per heavy atom. The molecule has 0 saturated carbocycles. The number of imide groups is 1. The third-order valence-corrected chi connectivity index (χ3v) is 3.32. The van der Waals surface area contributed by atoms with Crippen LogP contribution in [0, 0.1) is 6.92 Å². The van der Waals surface area contributed by atoms with E-state index in [9.17, 15) is 9.59 Å². The number of hydrogen-bond acceptors (Lipinski definition) is 5. The van der Waals surface area contributed by atoms with Crippen LogP contribution in [0.25, 0.3) is 0 Å². The number of carbonyl (C=O) groups excluding carboxylic acids is 2. The van der Waals surface area contributed by atoms with Crippen LogP contribution < -0.4 is 14.4 Å². The number of nitrogens with one attached hydrogen (secondary N) is 1. The number of carbonyl (C=O) groups is 2. The number of rotatable bonds is 3. The van der Waals surface area contributed by atoms with Gasteiger partial charge in [0.25, 0.3) is 11.8 Å². The largest absolute Gasteiger partial charge is 0.493 e. The van der Waals surface area contributed by atoms with Crippen molar-refractivity contribution in [2.45, 2.75) is 6.92 Å². The third kappa shape index (κ3) is 1.78. The number of ether oxygens (including phenoxy) is 2. The van der Waals surface area contributed by atoms with E-state index in [2.05, 4.69) is 10.2 Å². The molecule has 3 rings (SSSR count). The Morgan fingerprint density at radius 3 is 2.48 bits per heavy atom. The molecule has 0 radical (unpaired) electrons. The van der Waals surface area contributed by atoms with E-state index >= 15 is 0 Å². The molecule has 0 aliphatic carbocycles. The van der Waals surface area contributed by atoms with Crippen molar-refractivity contribution in [3.8, 4) is 11.5 Å². The van der Waals surface area contributed by atoms with Crippen LogP contribution in [-0.4, -0.2) is 36.2 Å². The molecule has 0 bridgehead atoms. The third-order valence-electron chi connectivity index (χ3n) is 3.32. The zero-order valence-electron chi connectivity index (χ0n) is 11.8. The molecule has 0 spiro atoms. The van der Waals surface area contributed by atoms with E-state index in [1.807, 2.05) is 0 Å². The zero-order valence-corrected chi connectivity index (χ0v) is 11.8. The maximum Gasteiger partial charge on any atom is 0.271 e. The Hall–Kier alpha value is -2.83. The van der Waals surface area contributed by atoms with Gasteiger partial charge in [-0.1, -0.05) is 0 Å². The number of amides is 2. The average molecular weight is 287 g/mol. The number of nitrogens with zero attached hydrogens (tertiary/aromatic N) is 2. The number of fused-ring (bicyclic) bond motifs is 1. The summed E-state index contributed by atoms with van der Waals surface area (Å²) in [5.41, 5.74) is 1.23. The van der Waals surface area contributed by atoms with E-state index in [0.717, 1.165) is 10.6 Å². The minimum atomic E-state index is -0.475. The van der Waals surface area contributed by atoms with Crippen LogP contribution in [0.5, 0.6) is 11.5 Å². The highest BCUT2D eigenvalue weighted by Gasteiger charge is 2.41. The standard InChI is InChI=1S/C14H13N3O4/c1-7-6-10(16-15-7)17-13(18)8-4-5-9(20-2)12(21-3)11(8)14(17)19/h4-6H,1-3H3,(H,15,16). The van der Waals surface area contributed by atoms with Crippen LogP contribution in [0.2, 0.25) is 0 Å². The van der Waals surface area contributed by atoms with Crippen molar-refractivity contribution in [2.75, 3.05) is 19.1 Å². The monoisotopic (exact) mass is 287 g/mol. The fourth-order valence-electron chi connectivity index (χ4n) is 2.37. The summed E-state index contributed by atoms with van der Waals surface area (Å²) >= 11 is 0. The van der Waals surface area contributed by atoms with Crippen molar-refractivity contribution >= 4 is 17.6 Å². The van der Waals surface area contributed by atoms with Crippen LogP contribution in [0.3, 0.4) is 0 Å². The Balaban J connectivity index is 2.16. The number of aryl methyl sites for hydroxylation is 1. The summed E-state index contributed by atoms with van der Waals surface area (Å²) in [6.45, 7) is 1.79. The molecule has 2 aromatic rings. The molecule has 2 amide bonds. The zero-order chi connectivity index (χ0) is 15.1. The molecule has 0 atom stereocenters. The lowest BCUT2D eigenvalue weighted by molar-refractivity contribution is 0.0924. The number of anilines is 1. The molecule has 108 valence electrons. The Morgan fingerprint density at radius 2 is 1.90 bits per heavy atom. The number of aromatic amines is 1. The lowest BCUT2D eigenvalue weighted by Crippen LogP contribution is -2.29. The molecule has 0 saturated heterocycles. The van der Waals surface area contributed by atoms with Crippen molar-refractivity contribution in [3.05, 3.63) is 35.0 Å². The van der Waals surface area contributed by atoms with Crippen molar-refractivity contribution in [2.24, 2.45) is 0 Å². The van der Waals surface area contributed by atoms with Gasteiger partial charge in [-0.05, 0) is 19.1 Å². The van der Waals surface area contributed by atoms with Gasteiger partial charge < -0.3 is 9.47 Å². The number of methoxy groups -OCH3 is 2. The molecule has 7 heteroatoms. The predicted molar refractivity (Wildman–Crippen MR) is 74.0 cm³/mol. The number of aromatic nitrogens is 2. The molecule has 7 nitrogen and oxygen atoms in total. The van der Waals surface area contributed by atoms with Gasteiger partial charge in [0.05, 0.1) is 25.3 Å². The normalized spacial score (nSPS) is 13.6. The van der Waals surface area contributed by atoms with Gasteiger partial charge in [-0.25, -0.2) is 4.90 Å². The second-order valence-corrected chi connectivity index (χ2v) is 4.58. The van der Waals surface area contributed by atoms with Crippen LogP contribution >= 0.6 is 0 Å². The Kier molecular flexibility index (Phi) is 2.90. The second kappa shape index (κ2) is 4.62. The minimum Gasteiger partial charge on any atom is -0.493 e. The first-order chi connectivity index (χ1) is 10.1. The predicted octanol–water partition coefficient (Wildman–Crippen LogP) is 1.54. The van der Waals surface area contributed by atoms with Crippen LogP contribution in [0.15, 0.2) is 18.2 Å². The SMILES string of the molecule is COc1ccc2c(c1OC)C(=O)N(c1cc(C)[nH]n1)C2=O. The molecule has 1 aromatic carbocycles. The van der Waals surface area contributed by atoms with Gasteiger partial charge in [-0.3, -0.25) is 14.7 Å². The van der Waals surface area contributed by atoms with Crippen molar-refractivity contribution in [3.63, 3.8) is 0 Å². The summed E-state index contributed by atoms with van der Waals surface area (Å²) in [5, 5.41) is 6.68. The lowest BCUT2D eigenvalue weighted by Gasteiger charge is -2.10. The van der Waals surface area contributed by atoms with Crippen LogP contribution in [0.1, 0.15) is 26.4 Å². The maximum atomic E-state index is 12.6. The molecule has 0 unspecified atom stereocenters. The van der Waals surface area contributed by atoms with E-state index in [-0.39, 0.29) is 22.7 Å². The lowest BCUT2D eigenvalue weighted by atomic mass is 10.1. The molecular weight excluding hydrogens is 274 g/mol. The molecule has 21 heavy (non-hydrogen) atoms. The molecule has 1 N–H and O–H groups in total. The molecule has 0 fully saturated rings. The smallest absolute Gasteiger partial charge is 0.271 e. The van der Waals surface area contributed by atoms with Gasteiger partial charge in [-0.2, -0.15) is 5.10 Å². The molecule has 1 aliphatic heterocycles. The van der Waals surface area contributed by atoms with Gasteiger partial charge >= 0.3 is 0 Å². The topological polar surface area (TPSA) is 84.5 Å². The highest BCUT2D eigenvalue weighted by atomic mass is 16.5. The van der Waals surface area contributed by atoms with Gasteiger partial charge in [0.2, 0.25) is 0 Å². The summed E-state index contributed by atoms with van der Waals surface area (Å²) in [5.74, 6) is 0.0139. The van der Waals surface area contributed by atoms with E-state index in [1.54, 1.807) is 25.1 Å². The van der Waals surface area contributed by atoms with Gasteiger partial charge in [0, 0.05) is 11.8 Å². The molecule has 1 aliphatic rings. The Bertz CT molecular complexity index is 751. The average Bonchev–Trinajstić information content (AvgIpc) is 3.00. The molecular formula is C14H13N3O4. The quantitative estimate of drug-likeness (QED) is 0.865. The fourth-order valence-corrected chi connectivity index (χ4v) is 2.37. The minimum absolute atomic E-state index is 0.197. The summed E-state index contributed by atoms with van der Waals surface area (Å²) in [6, 6.07) is 4.78. The van der Waals surface area contributed by atoms with Gasteiger partial charge in [0.15, 0.2) is 17.3 Å². The van der Waals surface area contributed by atoms with Crippen LogP contribution in [0.4, 0.5) is 5.82 Å². The first kappa shape index (κ1) is 13.2. The van der Waals surface area contributed by atoms with Crippen molar-refractivity contribution in [1.29, 1.82) is 0 Å². The summed E-state index contributed by atoms with van der Waals surface area (Å²) in [7, 11) is 2.90. The maximum absolute atomic E-state index is 12.6. The fraction of sp³-hybridized carbons (Fsp3) is 0.214. The van der Waals surface area contributed by atoms with E-state index in [1.165, 1.54) is 14.2 Å². The van der Waals surface area contributed by atoms with Gasteiger partial charge in [-0.15, -0.1) is 0 Å². The first-order valence-electron chi connectivity index (χ1n) is 6.24. The van der Waals surface area contributed by atoms with Crippen molar-refractivity contribution < 1.29 is 19.1 Å². The highest BCUT2D eigenvalue weighted by Crippen LogP contribution is 2.39.